The number of fused-ring (bicyclic) bond motifs is 3. The molecular formula is C26H30F2N2O5. The third kappa shape index (κ3) is 7.50. The maximum atomic E-state index is 12.4. The Hall–Kier alpha value is -3.49. The maximum Gasteiger partial charge on any atom is 0.407 e. The molecule has 7 nitrogen and oxygen atoms in total. The van der Waals surface area contributed by atoms with Crippen LogP contribution in [0.1, 0.15) is 55.6 Å². The molecule has 0 spiro atoms. The van der Waals surface area contributed by atoms with Gasteiger partial charge in [0.25, 0.3) is 0 Å². The highest BCUT2D eigenvalue weighted by Gasteiger charge is 2.29. The van der Waals surface area contributed by atoms with Gasteiger partial charge >= 0.3 is 12.1 Å². The van der Waals surface area contributed by atoms with Crippen LogP contribution in [0.15, 0.2) is 48.5 Å². The molecule has 0 radical (unpaired) electrons. The first kappa shape index (κ1) is 26.1. The van der Waals surface area contributed by atoms with Crippen LogP contribution in [0.2, 0.25) is 0 Å². The lowest BCUT2D eigenvalue weighted by atomic mass is 9.98. The number of benzene rings is 2. The van der Waals surface area contributed by atoms with Gasteiger partial charge in [-0.2, -0.15) is 0 Å². The molecule has 1 atom stereocenters. The summed E-state index contributed by atoms with van der Waals surface area (Å²) in [7, 11) is 0. The standard InChI is InChI=1S/C26H30F2N2O5/c27-23(28)15-22(25(32)33)30-24(31)13-3-1-2-8-14-29-26(34)35-16-21-19-11-6-4-9-17(19)18-10-5-7-12-20(18)21/h4-7,9-12,21-23H,1-3,8,13-16H2,(H,29,34)(H,30,31)(H,32,33). The molecule has 0 bridgehead atoms. The molecule has 0 fully saturated rings. The Kier molecular flexibility index (Phi) is 9.57. The number of rotatable bonds is 13. The number of amides is 2. The largest absolute Gasteiger partial charge is 0.480 e. The molecule has 9 heteroatoms. The molecule has 1 unspecified atom stereocenters. The Labute approximate surface area is 202 Å². The van der Waals surface area contributed by atoms with Gasteiger partial charge in [0.2, 0.25) is 12.3 Å². The molecule has 3 rings (SSSR count). The summed E-state index contributed by atoms with van der Waals surface area (Å²) in [6.07, 6.45) is -1.52. The van der Waals surface area contributed by atoms with Gasteiger partial charge < -0.3 is 20.5 Å². The van der Waals surface area contributed by atoms with Gasteiger partial charge in [-0.05, 0) is 35.1 Å². The average molecular weight is 489 g/mol. The topological polar surface area (TPSA) is 105 Å². The van der Waals surface area contributed by atoms with E-state index in [0.29, 0.717) is 25.8 Å². The van der Waals surface area contributed by atoms with E-state index in [2.05, 4.69) is 34.9 Å². The maximum absolute atomic E-state index is 12.4. The van der Waals surface area contributed by atoms with Crippen molar-refractivity contribution in [2.45, 2.75) is 56.9 Å². The summed E-state index contributed by atoms with van der Waals surface area (Å²) < 4.78 is 30.2. The Morgan fingerprint density at radius 1 is 0.914 bits per heavy atom. The molecule has 0 saturated heterocycles. The lowest BCUT2D eigenvalue weighted by molar-refractivity contribution is -0.143. The molecule has 35 heavy (non-hydrogen) atoms. The van der Waals surface area contributed by atoms with Gasteiger partial charge in [-0.3, -0.25) is 4.79 Å². The van der Waals surface area contributed by atoms with Gasteiger partial charge in [0.05, 0.1) is 0 Å². The van der Waals surface area contributed by atoms with Crippen molar-refractivity contribution in [1.82, 2.24) is 10.6 Å². The van der Waals surface area contributed by atoms with Crippen LogP contribution in [0.25, 0.3) is 11.1 Å². The second-order valence-corrected chi connectivity index (χ2v) is 8.50. The average Bonchev–Trinajstić information content (AvgIpc) is 3.15. The molecule has 188 valence electrons. The normalized spacial score (nSPS) is 13.1. The summed E-state index contributed by atoms with van der Waals surface area (Å²) >= 11 is 0. The molecule has 1 aliphatic rings. The Bertz CT molecular complexity index is 985. The zero-order valence-electron chi connectivity index (χ0n) is 19.3. The fourth-order valence-corrected chi connectivity index (χ4v) is 4.27. The van der Waals surface area contributed by atoms with E-state index in [1.807, 2.05) is 24.3 Å². The van der Waals surface area contributed by atoms with E-state index >= 15 is 0 Å². The molecule has 2 aromatic rings. The van der Waals surface area contributed by atoms with Crippen LogP contribution < -0.4 is 10.6 Å². The van der Waals surface area contributed by atoms with E-state index in [9.17, 15) is 23.2 Å². The lowest BCUT2D eigenvalue weighted by Gasteiger charge is -2.14. The first-order valence-electron chi connectivity index (χ1n) is 11.8. The lowest BCUT2D eigenvalue weighted by Crippen LogP contribution is -2.41. The fourth-order valence-electron chi connectivity index (χ4n) is 4.27. The second kappa shape index (κ2) is 12.8. The van der Waals surface area contributed by atoms with Gasteiger partial charge in [-0.15, -0.1) is 0 Å². The van der Waals surface area contributed by atoms with Gasteiger partial charge in [0, 0.05) is 25.3 Å². The first-order chi connectivity index (χ1) is 16.9. The number of carboxylic acids is 1. The van der Waals surface area contributed by atoms with E-state index in [1.54, 1.807) is 0 Å². The number of hydrogen-bond acceptors (Lipinski definition) is 4. The van der Waals surface area contributed by atoms with Gasteiger partial charge in [0.15, 0.2) is 0 Å². The summed E-state index contributed by atoms with van der Waals surface area (Å²) in [6, 6.07) is 14.6. The minimum Gasteiger partial charge on any atom is -0.480 e. The van der Waals surface area contributed by atoms with Crippen molar-refractivity contribution in [3.8, 4) is 11.1 Å². The van der Waals surface area contributed by atoms with Crippen LogP contribution >= 0.6 is 0 Å². The number of nitrogens with one attached hydrogen (secondary N) is 2. The van der Waals surface area contributed by atoms with Crippen molar-refractivity contribution in [3.63, 3.8) is 0 Å². The highest BCUT2D eigenvalue weighted by atomic mass is 19.3. The van der Waals surface area contributed by atoms with Crippen LogP contribution in [0.5, 0.6) is 0 Å². The fraction of sp³-hybridized carbons (Fsp3) is 0.423. The third-order valence-electron chi connectivity index (χ3n) is 5.99. The van der Waals surface area contributed by atoms with Crippen molar-refractivity contribution >= 4 is 18.0 Å². The Morgan fingerprint density at radius 2 is 1.51 bits per heavy atom. The smallest absolute Gasteiger partial charge is 0.407 e. The molecule has 2 aromatic carbocycles. The van der Waals surface area contributed by atoms with Crippen molar-refractivity contribution in [1.29, 1.82) is 0 Å². The number of halogens is 2. The quantitative estimate of drug-likeness (QED) is 0.355. The number of alkyl carbamates (subject to hydrolysis) is 1. The summed E-state index contributed by atoms with van der Waals surface area (Å²) in [5, 5.41) is 13.7. The minimum atomic E-state index is -2.81. The van der Waals surface area contributed by atoms with E-state index in [-0.39, 0.29) is 18.9 Å². The molecule has 1 aliphatic carbocycles. The number of unbranched alkanes of at least 4 members (excludes halogenated alkanes) is 3. The predicted molar refractivity (Wildman–Crippen MR) is 126 cm³/mol. The number of ether oxygens (including phenoxy) is 1. The van der Waals surface area contributed by atoms with Gasteiger partial charge in [0.1, 0.15) is 12.6 Å². The van der Waals surface area contributed by atoms with Crippen molar-refractivity contribution < 1.29 is 33.0 Å². The van der Waals surface area contributed by atoms with Gasteiger partial charge in [-0.1, -0.05) is 61.4 Å². The number of alkyl halides is 2. The molecule has 0 saturated carbocycles. The minimum absolute atomic E-state index is 0.000662. The molecular weight excluding hydrogens is 458 g/mol. The highest BCUT2D eigenvalue weighted by molar-refractivity contribution is 5.83. The van der Waals surface area contributed by atoms with Crippen LogP contribution in [0.4, 0.5) is 13.6 Å². The second-order valence-electron chi connectivity index (χ2n) is 8.50. The predicted octanol–water partition coefficient (Wildman–Crippen LogP) is 4.70. The van der Waals surface area contributed by atoms with E-state index < -0.39 is 36.9 Å². The SMILES string of the molecule is O=C(CCCCCCNC(=O)OCC1c2ccccc2-c2ccccc21)NC(CC(F)F)C(=O)O. The van der Waals surface area contributed by atoms with Crippen LogP contribution in [-0.4, -0.2) is 48.7 Å². The zero-order valence-corrected chi connectivity index (χ0v) is 19.3. The Balaban J connectivity index is 1.29. The number of aliphatic carboxylic acids is 1. The number of carboxylic acid groups (broad SMARTS) is 1. The summed E-state index contributed by atoms with van der Waals surface area (Å²) in [5.74, 6) is -2.03. The summed E-state index contributed by atoms with van der Waals surface area (Å²) in [4.78, 5) is 34.8. The number of carbonyl (C=O) groups is 3. The van der Waals surface area contributed by atoms with Crippen LogP contribution in [-0.2, 0) is 14.3 Å². The summed E-state index contributed by atoms with van der Waals surface area (Å²) in [6.45, 7) is 0.677. The monoisotopic (exact) mass is 488 g/mol. The zero-order chi connectivity index (χ0) is 25.2. The van der Waals surface area contributed by atoms with Crippen LogP contribution in [0.3, 0.4) is 0 Å². The third-order valence-corrected chi connectivity index (χ3v) is 5.99. The van der Waals surface area contributed by atoms with E-state index in [4.69, 9.17) is 9.84 Å². The number of carbonyl (C=O) groups excluding carboxylic acids is 2. The van der Waals surface area contributed by atoms with Crippen molar-refractivity contribution in [2.75, 3.05) is 13.2 Å². The van der Waals surface area contributed by atoms with Gasteiger partial charge in [-0.25, -0.2) is 18.4 Å². The molecule has 0 aliphatic heterocycles. The van der Waals surface area contributed by atoms with Crippen molar-refractivity contribution in [2.24, 2.45) is 0 Å². The van der Waals surface area contributed by atoms with E-state index in [0.717, 1.165) is 17.5 Å². The molecule has 3 N–H and O–H groups in total. The first-order valence-corrected chi connectivity index (χ1v) is 11.8. The summed E-state index contributed by atoms with van der Waals surface area (Å²) in [5.41, 5.74) is 4.63. The van der Waals surface area contributed by atoms with E-state index in [1.165, 1.54) is 11.1 Å². The van der Waals surface area contributed by atoms with Crippen LogP contribution in [0, 0.1) is 0 Å². The molecule has 0 heterocycles. The molecule has 2 amide bonds. The van der Waals surface area contributed by atoms with Crippen molar-refractivity contribution in [3.05, 3.63) is 59.7 Å². The highest BCUT2D eigenvalue weighted by Crippen LogP contribution is 2.44. The molecule has 0 aromatic heterocycles. The number of hydrogen-bond donors (Lipinski definition) is 3. The Morgan fingerprint density at radius 3 is 2.11 bits per heavy atom.